The monoisotopic (exact) mass is 410 g/mol. The van der Waals surface area contributed by atoms with Crippen molar-refractivity contribution in [3.8, 4) is 17.1 Å². The van der Waals surface area contributed by atoms with Crippen molar-refractivity contribution in [2.45, 2.75) is 18.7 Å². The summed E-state index contributed by atoms with van der Waals surface area (Å²) in [4.78, 5) is -0.114. The fourth-order valence-corrected chi connectivity index (χ4v) is 4.03. The number of rotatable bonds is 5. The third kappa shape index (κ3) is 3.77. The van der Waals surface area contributed by atoms with Crippen LogP contribution in [0.5, 0.6) is 5.75 Å². The molecule has 0 aliphatic carbocycles. The Balaban J connectivity index is 2.08. The molecule has 1 aromatic heterocycles. The van der Waals surface area contributed by atoms with Crippen molar-refractivity contribution in [1.82, 2.24) is 5.16 Å². The number of hydrogen-bond acceptors (Lipinski definition) is 5. The number of halogens is 2. The van der Waals surface area contributed by atoms with Crippen molar-refractivity contribution in [3.63, 3.8) is 0 Å². The first-order valence-electron chi connectivity index (χ1n) is 7.82. The molecule has 0 unspecified atom stereocenters. The van der Waals surface area contributed by atoms with Crippen LogP contribution in [0.25, 0.3) is 11.3 Å². The van der Waals surface area contributed by atoms with E-state index in [0.717, 1.165) is 17.7 Å². The van der Waals surface area contributed by atoms with Gasteiger partial charge in [-0.05, 0) is 50.2 Å². The predicted molar refractivity (Wildman–Crippen MR) is 100 cm³/mol. The van der Waals surface area contributed by atoms with Crippen molar-refractivity contribution < 1.29 is 22.1 Å². The molecule has 0 amide bonds. The fourth-order valence-electron chi connectivity index (χ4n) is 2.48. The number of anilines is 1. The zero-order valence-corrected chi connectivity index (χ0v) is 16.3. The summed E-state index contributed by atoms with van der Waals surface area (Å²) in [6.07, 6.45) is 0. The number of sulfonamides is 1. The van der Waals surface area contributed by atoms with Gasteiger partial charge < -0.3 is 9.26 Å². The van der Waals surface area contributed by atoms with Crippen LogP contribution in [-0.2, 0) is 10.0 Å². The molecule has 0 bridgehead atoms. The van der Waals surface area contributed by atoms with Crippen LogP contribution in [0, 0.1) is 19.7 Å². The molecule has 9 heteroatoms. The van der Waals surface area contributed by atoms with Gasteiger partial charge in [-0.2, -0.15) is 0 Å². The van der Waals surface area contributed by atoms with Crippen LogP contribution in [0.1, 0.15) is 11.3 Å². The quantitative estimate of drug-likeness (QED) is 0.666. The molecule has 0 aliphatic rings. The topological polar surface area (TPSA) is 81.4 Å². The largest absolute Gasteiger partial charge is 0.495 e. The number of nitrogens with one attached hydrogen (secondary N) is 1. The van der Waals surface area contributed by atoms with Gasteiger partial charge in [-0.3, -0.25) is 4.72 Å². The fraction of sp³-hybridized carbons (Fsp3) is 0.167. The Morgan fingerprint density at radius 1 is 1.19 bits per heavy atom. The molecule has 0 saturated heterocycles. The van der Waals surface area contributed by atoms with E-state index in [1.165, 1.54) is 25.3 Å². The van der Waals surface area contributed by atoms with Crippen molar-refractivity contribution in [2.24, 2.45) is 0 Å². The van der Waals surface area contributed by atoms with Gasteiger partial charge in [-0.25, -0.2) is 12.8 Å². The summed E-state index contributed by atoms with van der Waals surface area (Å²) >= 11 is 5.93. The van der Waals surface area contributed by atoms with Gasteiger partial charge in [0.2, 0.25) is 0 Å². The third-order valence-electron chi connectivity index (χ3n) is 4.05. The van der Waals surface area contributed by atoms with Gasteiger partial charge in [0.25, 0.3) is 10.0 Å². The Labute approximate surface area is 160 Å². The second-order valence-corrected chi connectivity index (χ2v) is 7.88. The second-order valence-electron chi connectivity index (χ2n) is 5.82. The summed E-state index contributed by atoms with van der Waals surface area (Å²) in [7, 11) is -2.71. The lowest BCUT2D eigenvalue weighted by Crippen LogP contribution is -2.14. The molecule has 1 N–H and O–H groups in total. The highest BCUT2D eigenvalue weighted by Gasteiger charge is 2.23. The number of hydrogen-bond donors (Lipinski definition) is 1. The highest BCUT2D eigenvalue weighted by Crippen LogP contribution is 2.34. The van der Waals surface area contributed by atoms with E-state index in [-0.39, 0.29) is 21.4 Å². The summed E-state index contributed by atoms with van der Waals surface area (Å²) < 4.78 is 51.9. The first-order chi connectivity index (χ1) is 12.7. The predicted octanol–water partition coefficient (Wildman–Crippen LogP) is 4.56. The second kappa shape index (κ2) is 7.21. The maximum atomic E-state index is 13.2. The molecule has 2 aromatic carbocycles. The minimum Gasteiger partial charge on any atom is -0.495 e. The summed E-state index contributed by atoms with van der Waals surface area (Å²) in [5.74, 6) is 0.0310. The van der Waals surface area contributed by atoms with Crippen LogP contribution in [-0.4, -0.2) is 20.7 Å². The number of benzene rings is 2. The Kier molecular flexibility index (Phi) is 5.12. The highest BCUT2D eigenvalue weighted by molar-refractivity contribution is 7.92. The molecule has 0 aliphatic heterocycles. The van der Waals surface area contributed by atoms with E-state index in [1.54, 1.807) is 13.0 Å². The SMILES string of the molecule is COc1ccc(-c2onc(C)c2C)cc1S(=O)(=O)Nc1ccc(F)cc1Cl. The van der Waals surface area contributed by atoms with Gasteiger partial charge in [-0.15, -0.1) is 0 Å². The van der Waals surface area contributed by atoms with E-state index in [0.29, 0.717) is 17.0 Å². The summed E-state index contributed by atoms with van der Waals surface area (Å²) in [6.45, 7) is 3.62. The van der Waals surface area contributed by atoms with E-state index >= 15 is 0 Å². The van der Waals surface area contributed by atoms with E-state index in [9.17, 15) is 12.8 Å². The first kappa shape index (κ1) is 19.2. The Hall–Kier alpha value is -2.58. The Morgan fingerprint density at radius 3 is 2.52 bits per heavy atom. The van der Waals surface area contributed by atoms with Crippen molar-refractivity contribution in [3.05, 3.63) is 58.5 Å². The van der Waals surface area contributed by atoms with Gasteiger partial charge in [0.1, 0.15) is 16.5 Å². The van der Waals surface area contributed by atoms with Gasteiger partial charge in [0.15, 0.2) is 5.76 Å². The molecular formula is C18H16ClFN2O4S. The van der Waals surface area contributed by atoms with Crippen LogP contribution in [0.4, 0.5) is 10.1 Å². The number of nitrogens with zero attached hydrogens (tertiary/aromatic N) is 1. The van der Waals surface area contributed by atoms with E-state index in [4.69, 9.17) is 20.9 Å². The van der Waals surface area contributed by atoms with Crippen molar-refractivity contribution in [2.75, 3.05) is 11.8 Å². The smallest absolute Gasteiger partial charge is 0.265 e. The Bertz CT molecular complexity index is 1110. The van der Waals surface area contributed by atoms with Crippen LogP contribution < -0.4 is 9.46 Å². The summed E-state index contributed by atoms with van der Waals surface area (Å²) in [5, 5.41) is 3.83. The number of aromatic nitrogens is 1. The van der Waals surface area contributed by atoms with Gasteiger partial charge >= 0.3 is 0 Å². The zero-order valence-electron chi connectivity index (χ0n) is 14.7. The molecule has 27 heavy (non-hydrogen) atoms. The van der Waals surface area contributed by atoms with Crippen molar-refractivity contribution in [1.29, 1.82) is 0 Å². The molecule has 0 saturated carbocycles. The standard InChI is InChI=1S/C18H16ClFN2O4S/c1-10-11(2)21-26-18(10)12-4-7-16(25-3)17(8-12)27(23,24)22-15-6-5-13(20)9-14(15)19/h4-9,22H,1-3H3. The molecule has 6 nitrogen and oxygen atoms in total. The van der Waals surface area contributed by atoms with Crippen LogP contribution >= 0.6 is 11.6 Å². The normalized spacial score (nSPS) is 11.4. The minimum atomic E-state index is -4.07. The van der Waals surface area contributed by atoms with E-state index in [1.807, 2.05) is 6.92 Å². The lowest BCUT2D eigenvalue weighted by Gasteiger charge is -2.13. The molecular weight excluding hydrogens is 395 g/mol. The molecule has 0 radical (unpaired) electrons. The lowest BCUT2D eigenvalue weighted by atomic mass is 10.1. The van der Waals surface area contributed by atoms with Crippen LogP contribution in [0.3, 0.4) is 0 Å². The van der Waals surface area contributed by atoms with E-state index in [2.05, 4.69) is 9.88 Å². The van der Waals surface area contributed by atoms with E-state index < -0.39 is 15.8 Å². The maximum absolute atomic E-state index is 13.2. The average molecular weight is 411 g/mol. The van der Waals surface area contributed by atoms with Gasteiger partial charge in [0.05, 0.1) is 23.5 Å². The molecule has 3 rings (SSSR count). The van der Waals surface area contributed by atoms with Crippen LogP contribution in [0.15, 0.2) is 45.8 Å². The summed E-state index contributed by atoms with van der Waals surface area (Å²) in [5.41, 5.74) is 2.09. The molecule has 0 fully saturated rings. The lowest BCUT2D eigenvalue weighted by molar-refractivity contribution is 0.402. The highest BCUT2D eigenvalue weighted by atomic mass is 35.5. The third-order valence-corrected chi connectivity index (χ3v) is 5.75. The molecule has 142 valence electrons. The molecule has 1 heterocycles. The zero-order chi connectivity index (χ0) is 19.8. The molecule has 0 spiro atoms. The summed E-state index contributed by atoms with van der Waals surface area (Å²) in [6, 6.07) is 8.00. The minimum absolute atomic E-state index is 0.0530. The van der Waals surface area contributed by atoms with Crippen LogP contribution in [0.2, 0.25) is 5.02 Å². The number of aryl methyl sites for hydroxylation is 1. The number of methoxy groups -OCH3 is 1. The first-order valence-corrected chi connectivity index (χ1v) is 9.68. The van der Waals surface area contributed by atoms with Gasteiger partial charge in [-0.1, -0.05) is 16.8 Å². The van der Waals surface area contributed by atoms with Gasteiger partial charge in [0, 0.05) is 11.1 Å². The Morgan fingerprint density at radius 2 is 1.93 bits per heavy atom. The number of ether oxygens (including phenoxy) is 1. The molecule has 0 atom stereocenters. The maximum Gasteiger partial charge on any atom is 0.265 e. The molecule has 3 aromatic rings. The average Bonchev–Trinajstić information content (AvgIpc) is 2.96. The van der Waals surface area contributed by atoms with Crippen molar-refractivity contribution >= 4 is 27.3 Å².